The van der Waals surface area contributed by atoms with Crippen molar-refractivity contribution in [2.24, 2.45) is 0 Å². The van der Waals surface area contributed by atoms with E-state index in [1.54, 1.807) is 6.08 Å². The zero-order valence-electron chi connectivity index (χ0n) is 13.2. The maximum atomic E-state index is 11.7. The summed E-state index contributed by atoms with van der Waals surface area (Å²) in [7, 11) is -3.50. The summed E-state index contributed by atoms with van der Waals surface area (Å²) in [6.45, 7) is 12.4. The van der Waals surface area contributed by atoms with Crippen LogP contribution in [0.1, 0.15) is 5.56 Å². The highest BCUT2D eigenvalue weighted by molar-refractivity contribution is 6.71. The lowest BCUT2D eigenvalue weighted by Crippen LogP contribution is -2.29. The lowest BCUT2D eigenvalue weighted by atomic mass is 10.2. The molecule has 0 aromatic heterocycles. The van der Waals surface area contributed by atoms with Gasteiger partial charge in [-0.1, -0.05) is 18.2 Å². The Morgan fingerprint density at radius 3 is 2.15 bits per heavy atom. The van der Waals surface area contributed by atoms with Gasteiger partial charge in [-0.15, -0.1) is 0 Å². The maximum Gasteiger partial charge on any atom is 0.317 e. The summed E-state index contributed by atoms with van der Waals surface area (Å²) < 4.78 is 11.4. The van der Waals surface area contributed by atoms with Gasteiger partial charge in [0.1, 0.15) is 5.75 Å². The summed E-state index contributed by atoms with van der Waals surface area (Å²) in [6.07, 6.45) is 3.24. The van der Waals surface area contributed by atoms with Gasteiger partial charge in [-0.25, -0.2) is 4.79 Å². The van der Waals surface area contributed by atoms with Crippen molar-refractivity contribution < 1.29 is 13.6 Å². The van der Waals surface area contributed by atoms with Gasteiger partial charge in [0, 0.05) is 11.6 Å². The van der Waals surface area contributed by atoms with Crippen LogP contribution in [0.2, 0.25) is 39.3 Å². The van der Waals surface area contributed by atoms with Crippen LogP contribution in [0.5, 0.6) is 5.75 Å². The Morgan fingerprint density at radius 1 is 1.00 bits per heavy atom. The van der Waals surface area contributed by atoms with E-state index in [0.29, 0.717) is 0 Å². The Hall–Kier alpha value is -1.34. The Labute approximate surface area is 123 Å². The number of carbonyl (C=O) groups excluding carboxylic acids is 1. The van der Waals surface area contributed by atoms with Crippen LogP contribution in [-0.2, 0) is 9.22 Å². The molecular weight excluding hydrogens is 284 g/mol. The van der Waals surface area contributed by atoms with E-state index in [-0.39, 0.29) is 5.97 Å². The van der Waals surface area contributed by atoms with Crippen molar-refractivity contribution in [2.75, 3.05) is 0 Å². The quantitative estimate of drug-likeness (QED) is 0.601. The van der Waals surface area contributed by atoms with Gasteiger partial charge >= 0.3 is 5.97 Å². The van der Waals surface area contributed by atoms with Gasteiger partial charge in [-0.2, -0.15) is 0 Å². The van der Waals surface area contributed by atoms with Gasteiger partial charge in [-0.3, -0.25) is 0 Å². The van der Waals surface area contributed by atoms with E-state index in [4.69, 9.17) is 8.85 Å². The Morgan fingerprint density at radius 2 is 1.60 bits per heavy atom. The largest absolute Gasteiger partial charge is 0.544 e. The average Bonchev–Trinajstić information content (AvgIpc) is 2.23. The standard InChI is InChI=1S/C15H24O3Si2/c1-19(2,3)17-14-10-8-7-9-13(14)11-12-15(16)18-20(4,5)6/h7-12H,1-6H3/b12-11+. The van der Waals surface area contributed by atoms with Crippen molar-refractivity contribution in [2.45, 2.75) is 39.3 Å². The highest BCUT2D eigenvalue weighted by atomic mass is 28.4. The van der Waals surface area contributed by atoms with Crippen molar-refractivity contribution in [3.05, 3.63) is 35.9 Å². The van der Waals surface area contributed by atoms with Crippen molar-refractivity contribution >= 4 is 28.7 Å². The summed E-state index contributed by atoms with van der Waals surface area (Å²) in [5, 5.41) is 0. The van der Waals surface area contributed by atoms with Crippen LogP contribution >= 0.6 is 0 Å². The molecule has 20 heavy (non-hydrogen) atoms. The number of carbonyl (C=O) groups is 1. The number of benzene rings is 1. The maximum absolute atomic E-state index is 11.7. The lowest BCUT2D eigenvalue weighted by Gasteiger charge is -2.20. The molecule has 1 aromatic carbocycles. The van der Waals surface area contributed by atoms with Gasteiger partial charge in [0.05, 0.1) is 0 Å². The molecule has 0 N–H and O–H groups in total. The van der Waals surface area contributed by atoms with Crippen LogP contribution in [0.25, 0.3) is 6.08 Å². The highest BCUT2D eigenvalue weighted by Gasteiger charge is 2.19. The second-order valence-electron chi connectivity index (χ2n) is 6.62. The zero-order valence-corrected chi connectivity index (χ0v) is 15.2. The molecular formula is C15H24O3Si2. The molecule has 0 atom stereocenters. The monoisotopic (exact) mass is 308 g/mol. The number of rotatable bonds is 5. The molecule has 0 aliphatic carbocycles. The third kappa shape index (κ3) is 6.72. The van der Waals surface area contributed by atoms with Crippen molar-refractivity contribution in [3.8, 4) is 5.75 Å². The van der Waals surface area contributed by atoms with Gasteiger partial charge in [0.15, 0.2) is 0 Å². The molecule has 0 radical (unpaired) electrons. The molecule has 0 saturated carbocycles. The third-order valence-corrected chi connectivity index (χ3v) is 3.79. The van der Waals surface area contributed by atoms with Crippen molar-refractivity contribution in [1.29, 1.82) is 0 Å². The van der Waals surface area contributed by atoms with Crippen LogP contribution < -0.4 is 4.43 Å². The molecule has 0 aliphatic heterocycles. The summed E-state index contributed by atoms with van der Waals surface area (Å²) in [6, 6.07) is 7.74. The summed E-state index contributed by atoms with van der Waals surface area (Å²) in [4.78, 5) is 11.7. The minimum Gasteiger partial charge on any atom is -0.544 e. The van der Waals surface area contributed by atoms with Crippen LogP contribution in [-0.4, -0.2) is 22.6 Å². The van der Waals surface area contributed by atoms with E-state index < -0.39 is 16.6 Å². The molecule has 110 valence electrons. The number of para-hydroxylation sites is 1. The lowest BCUT2D eigenvalue weighted by molar-refractivity contribution is -0.129. The van der Waals surface area contributed by atoms with E-state index >= 15 is 0 Å². The molecule has 5 heteroatoms. The van der Waals surface area contributed by atoms with Crippen LogP contribution in [0.3, 0.4) is 0 Å². The van der Waals surface area contributed by atoms with Crippen LogP contribution in [0.4, 0.5) is 0 Å². The second kappa shape index (κ2) is 6.41. The fourth-order valence-corrected chi connectivity index (χ4v) is 3.05. The smallest absolute Gasteiger partial charge is 0.317 e. The van der Waals surface area contributed by atoms with Crippen molar-refractivity contribution in [3.63, 3.8) is 0 Å². The zero-order chi connectivity index (χ0) is 15.4. The summed E-state index contributed by atoms with van der Waals surface area (Å²) in [5.41, 5.74) is 0.905. The molecule has 0 aliphatic rings. The molecule has 0 unspecified atom stereocenters. The first-order chi connectivity index (χ1) is 9.07. The molecule has 0 fully saturated rings. The Kier molecular flexibility index (Phi) is 5.36. The Bertz CT molecular complexity index is 497. The molecule has 1 rings (SSSR count). The molecule has 0 heterocycles. The molecule has 0 amide bonds. The minimum absolute atomic E-state index is 0.285. The highest BCUT2D eigenvalue weighted by Crippen LogP contribution is 2.23. The SMILES string of the molecule is C[Si](C)(C)OC(=O)/C=C/c1ccccc1O[Si](C)(C)C. The predicted octanol–water partition coefficient (Wildman–Crippen LogP) is 4.29. The number of hydrogen-bond acceptors (Lipinski definition) is 3. The summed E-state index contributed by atoms with van der Waals surface area (Å²) in [5.74, 6) is 0.538. The summed E-state index contributed by atoms with van der Waals surface area (Å²) >= 11 is 0. The molecule has 1 aromatic rings. The topological polar surface area (TPSA) is 35.5 Å². The van der Waals surface area contributed by atoms with E-state index in [0.717, 1.165) is 11.3 Å². The van der Waals surface area contributed by atoms with Crippen molar-refractivity contribution in [1.82, 2.24) is 0 Å². The Balaban J connectivity index is 2.85. The predicted molar refractivity (Wildman–Crippen MR) is 88.9 cm³/mol. The van der Waals surface area contributed by atoms with Gasteiger partial charge in [0.2, 0.25) is 16.6 Å². The van der Waals surface area contributed by atoms with Crippen LogP contribution in [0, 0.1) is 0 Å². The van der Waals surface area contributed by atoms with E-state index in [2.05, 4.69) is 19.6 Å². The fourth-order valence-electron chi connectivity index (χ4n) is 1.53. The third-order valence-electron chi connectivity index (χ3n) is 2.14. The first-order valence-corrected chi connectivity index (χ1v) is 13.6. The molecule has 0 saturated heterocycles. The normalized spacial score (nSPS) is 12.5. The van der Waals surface area contributed by atoms with Gasteiger partial charge < -0.3 is 8.85 Å². The number of hydrogen-bond donors (Lipinski definition) is 0. The van der Waals surface area contributed by atoms with Crippen LogP contribution in [0.15, 0.2) is 30.3 Å². The minimum atomic E-state index is -1.84. The first-order valence-electron chi connectivity index (χ1n) is 6.76. The van der Waals surface area contributed by atoms with Gasteiger partial charge in [0.25, 0.3) is 0 Å². The first kappa shape index (κ1) is 16.7. The molecule has 0 bridgehead atoms. The van der Waals surface area contributed by atoms with E-state index in [1.807, 2.05) is 43.9 Å². The average molecular weight is 309 g/mol. The molecule has 3 nitrogen and oxygen atoms in total. The van der Waals surface area contributed by atoms with Gasteiger partial charge in [-0.05, 0) is 51.4 Å². The molecule has 0 spiro atoms. The second-order valence-corrected chi connectivity index (χ2v) is 15.5. The van der Waals surface area contributed by atoms with E-state index in [1.165, 1.54) is 6.08 Å². The van der Waals surface area contributed by atoms with E-state index in [9.17, 15) is 4.79 Å². The fraction of sp³-hybridized carbons (Fsp3) is 0.400.